The van der Waals surface area contributed by atoms with Gasteiger partial charge in [0.2, 0.25) is 5.91 Å². The van der Waals surface area contributed by atoms with Gasteiger partial charge in [-0.05, 0) is 36.6 Å². The van der Waals surface area contributed by atoms with Gasteiger partial charge in [0, 0.05) is 37.3 Å². The number of hydrogen-bond donors (Lipinski definition) is 3. The van der Waals surface area contributed by atoms with E-state index in [-0.39, 0.29) is 17.6 Å². The first-order valence-corrected chi connectivity index (χ1v) is 9.23. The molecule has 1 saturated carbocycles. The number of nitrogens with one attached hydrogen (secondary N) is 3. The molecule has 2 aromatic carbocycles. The highest BCUT2D eigenvalue weighted by Gasteiger charge is 2.25. The number of nitrogens with zero attached hydrogens (tertiary/aromatic N) is 1. The Balaban J connectivity index is 1.51. The van der Waals surface area contributed by atoms with Crippen molar-refractivity contribution in [2.75, 3.05) is 12.4 Å². The summed E-state index contributed by atoms with van der Waals surface area (Å²) in [4.78, 5) is 16.2. The van der Waals surface area contributed by atoms with Crippen LogP contribution in [0.3, 0.4) is 0 Å². The quantitative estimate of drug-likeness (QED) is 0.541. The number of halogens is 1. The monoisotopic (exact) mass is 368 g/mol. The van der Waals surface area contributed by atoms with Crippen LogP contribution in [0, 0.1) is 11.7 Å². The van der Waals surface area contributed by atoms with Crippen LogP contribution >= 0.6 is 0 Å². The Morgan fingerprint density at radius 1 is 1.11 bits per heavy atom. The second kappa shape index (κ2) is 9.16. The zero-order valence-electron chi connectivity index (χ0n) is 15.5. The van der Waals surface area contributed by atoms with Crippen LogP contribution in [0.1, 0.15) is 30.4 Å². The Labute approximate surface area is 159 Å². The van der Waals surface area contributed by atoms with Crippen LogP contribution in [0.25, 0.3) is 0 Å². The third-order valence-electron chi connectivity index (χ3n) is 4.76. The van der Waals surface area contributed by atoms with Gasteiger partial charge >= 0.3 is 0 Å². The predicted molar refractivity (Wildman–Crippen MR) is 106 cm³/mol. The largest absolute Gasteiger partial charge is 0.352 e. The first-order valence-electron chi connectivity index (χ1n) is 9.23. The summed E-state index contributed by atoms with van der Waals surface area (Å²) in [5.74, 6) is 0.611. The molecule has 1 aliphatic rings. The van der Waals surface area contributed by atoms with Gasteiger partial charge in [0.15, 0.2) is 5.96 Å². The SMILES string of the molecule is CN=C(NCc1cccc(NC(=O)C2CCC2)c1)NCc1ccccc1F. The van der Waals surface area contributed by atoms with E-state index in [1.807, 2.05) is 24.3 Å². The van der Waals surface area contributed by atoms with Crippen LogP contribution in [0.2, 0.25) is 0 Å². The van der Waals surface area contributed by atoms with Crippen LogP contribution in [-0.2, 0) is 17.9 Å². The molecule has 3 rings (SSSR count). The lowest BCUT2D eigenvalue weighted by molar-refractivity contribution is -0.122. The minimum absolute atomic E-state index is 0.105. The molecule has 0 aromatic heterocycles. The maximum Gasteiger partial charge on any atom is 0.227 e. The van der Waals surface area contributed by atoms with Gasteiger partial charge in [0.05, 0.1) is 0 Å². The predicted octanol–water partition coefficient (Wildman–Crippen LogP) is 3.43. The lowest BCUT2D eigenvalue weighted by atomic mass is 9.85. The van der Waals surface area contributed by atoms with Gasteiger partial charge in [-0.15, -0.1) is 0 Å². The number of carbonyl (C=O) groups is 1. The van der Waals surface area contributed by atoms with Crippen LogP contribution in [-0.4, -0.2) is 18.9 Å². The minimum Gasteiger partial charge on any atom is -0.352 e. The summed E-state index contributed by atoms with van der Waals surface area (Å²) in [5, 5.41) is 9.29. The smallest absolute Gasteiger partial charge is 0.227 e. The minimum atomic E-state index is -0.240. The van der Waals surface area contributed by atoms with Gasteiger partial charge < -0.3 is 16.0 Å². The molecule has 0 aliphatic heterocycles. The number of aliphatic imine (C=N–C) groups is 1. The van der Waals surface area contributed by atoms with Crippen molar-refractivity contribution in [1.29, 1.82) is 0 Å². The Morgan fingerprint density at radius 2 is 1.89 bits per heavy atom. The highest BCUT2D eigenvalue weighted by atomic mass is 19.1. The normalized spacial score (nSPS) is 14.4. The summed E-state index contributed by atoms with van der Waals surface area (Å²) < 4.78 is 13.7. The highest BCUT2D eigenvalue weighted by molar-refractivity contribution is 5.93. The average molecular weight is 368 g/mol. The molecule has 0 unspecified atom stereocenters. The van der Waals surface area contributed by atoms with Crippen LogP contribution in [0.15, 0.2) is 53.5 Å². The van der Waals surface area contributed by atoms with Crippen molar-refractivity contribution < 1.29 is 9.18 Å². The van der Waals surface area contributed by atoms with Crippen LogP contribution < -0.4 is 16.0 Å². The van der Waals surface area contributed by atoms with E-state index < -0.39 is 0 Å². The molecular weight excluding hydrogens is 343 g/mol. The fraction of sp³-hybridized carbons (Fsp3) is 0.333. The lowest BCUT2D eigenvalue weighted by Gasteiger charge is -2.24. The fourth-order valence-corrected chi connectivity index (χ4v) is 2.90. The van der Waals surface area contributed by atoms with Crippen LogP contribution in [0.4, 0.5) is 10.1 Å². The van der Waals surface area contributed by atoms with Gasteiger partial charge in [-0.1, -0.05) is 36.8 Å². The van der Waals surface area contributed by atoms with Crippen molar-refractivity contribution in [3.63, 3.8) is 0 Å². The molecule has 0 bridgehead atoms. The van der Waals surface area contributed by atoms with Gasteiger partial charge in [0.1, 0.15) is 5.82 Å². The van der Waals surface area contributed by atoms with Crippen LogP contribution in [0.5, 0.6) is 0 Å². The van der Waals surface area contributed by atoms with Crippen molar-refractivity contribution in [3.8, 4) is 0 Å². The molecule has 1 fully saturated rings. The molecule has 3 N–H and O–H groups in total. The van der Waals surface area contributed by atoms with Crippen molar-refractivity contribution in [1.82, 2.24) is 10.6 Å². The molecule has 0 heterocycles. The molecule has 0 saturated heterocycles. The van der Waals surface area contributed by atoms with E-state index in [2.05, 4.69) is 20.9 Å². The van der Waals surface area contributed by atoms with E-state index in [9.17, 15) is 9.18 Å². The van der Waals surface area contributed by atoms with E-state index in [0.717, 1.165) is 30.5 Å². The zero-order valence-corrected chi connectivity index (χ0v) is 15.5. The molecule has 1 amide bonds. The topological polar surface area (TPSA) is 65.5 Å². The van der Waals surface area contributed by atoms with Crippen molar-refractivity contribution in [2.24, 2.45) is 10.9 Å². The Morgan fingerprint density at radius 3 is 2.59 bits per heavy atom. The molecule has 142 valence electrons. The highest BCUT2D eigenvalue weighted by Crippen LogP contribution is 2.27. The van der Waals surface area contributed by atoms with E-state index in [4.69, 9.17) is 0 Å². The molecule has 0 atom stereocenters. The van der Waals surface area contributed by atoms with Crippen molar-refractivity contribution >= 4 is 17.6 Å². The number of benzene rings is 2. The summed E-state index contributed by atoms with van der Waals surface area (Å²) in [6, 6.07) is 14.4. The van der Waals surface area contributed by atoms with Crippen molar-refractivity contribution in [3.05, 3.63) is 65.5 Å². The maximum atomic E-state index is 13.7. The number of anilines is 1. The molecule has 1 aliphatic carbocycles. The van der Waals surface area contributed by atoms with Gasteiger partial charge in [-0.25, -0.2) is 4.39 Å². The third-order valence-corrected chi connectivity index (χ3v) is 4.76. The Bertz CT molecular complexity index is 817. The molecule has 5 nitrogen and oxygen atoms in total. The first kappa shape index (κ1) is 18.9. The van der Waals surface area contributed by atoms with E-state index in [1.54, 1.807) is 25.2 Å². The number of amides is 1. The fourth-order valence-electron chi connectivity index (χ4n) is 2.90. The Hall–Kier alpha value is -2.89. The van der Waals surface area contributed by atoms with E-state index >= 15 is 0 Å². The van der Waals surface area contributed by atoms with E-state index in [0.29, 0.717) is 24.6 Å². The third kappa shape index (κ3) is 5.29. The summed E-state index contributed by atoms with van der Waals surface area (Å²) in [5.41, 5.74) is 2.41. The number of hydrogen-bond acceptors (Lipinski definition) is 2. The van der Waals surface area contributed by atoms with Gasteiger partial charge in [-0.3, -0.25) is 9.79 Å². The first-order chi connectivity index (χ1) is 13.2. The molecule has 0 radical (unpaired) electrons. The van der Waals surface area contributed by atoms with Gasteiger partial charge in [-0.2, -0.15) is 0 Å². The number of rotatable bonds is 6. The molecule has 0 spiro atoms. The Kier molecular flexibility index (Phi) is 6.41. The van der Waals surface area contributed by atoms with Gasteiger partial charge in [0.25, 0.3) is 0 Å². The number of guanidine groups is 1. The summed E-state index contributed by atoms with van der Waals surface area (Å²) in [6.07, 6.45) is 3.11. The number of carbonyl (C=O) groups excluding carboxylic acids is 1. The molecule has 2 aromatic rings. The summed E-state index contributed by atoms with van der Waals surface area (Å²) in [7, 11) is 1.67. The average Bonchev–Trinajstić information content (AvgIpc) is 2.62. The maximum absolute atomic E-state index is 13.7. The summed E-state index contributed by atoms with van der Waals surface area (Å²) >= 11 is 0. The lowest BCUT2D eigenvalue weighted by Crippen LogP contribution is -2.36. The standard InChI is InChI=1S/C21H25FN4O/c1-23-21(25-14-17-7-2-3-11-19(17)22)24-13-15-6-4-10-18(12-15)26-20(27)16-8-5-9-16/h2-4,6-7,10-12,16H,5,8-9,13-14H2,1H3,(H,26,27)(H2,23,24,25). The van der Waals surface area contributed by atoms with E-state index in [1.165, 1.54) is 6.07 Å². The second-order valence-electron chi connectivity index (χ2n) is 6.69. The van der Waals surface area contributed by atoms with Crippen molar-refractivity contribution in [2.45, 2.75) is 32.4 Å². The second-order valence-corrected chi connectivity index (χ2v) is 6.69. The molecule has 6 heteroatoms. The molecule has 27 heavy (non-hydrogen) atoms. The zero-order chi connectivity index (χ0) is 19.1. The summed E-state index contributed by atoms with van der Waals surface area (Å²) in [6.45, 7) is 0.897. The molecular formula is C21H25FN4O.